The largest absolute Gasteiger partial charge is 0.208 e. The molecule has 9 rings (SSSR count). The van der Waals surface area contributed by atoms with E-state index in [1.807, 2.05) is 35.6 Å². The van der Waals surface area contributed by atoms with Gasteiger partial charge in [-0.1, -0.05) is 164 Å². The molecule has 3 nitrogen and oxygen atoms in total. The van der Waals surface area contributed by atoms with Crippen molar-refractivity contribution < 1.29 is 0 Å². The van der Waals surface area contributed by atoms with Crippen LogP contribution in [0.4, 0.5) is 0 Å². The molecule has 0 unspecified atom stereocenters. The second-order valence-electron chi connectivity index (χ2n) is 12.0. The van der Waals surface area contributed by atoms with E-state index in [1.165, 1.54) is 42.4 Å². The summed E-state index contributed by atoms with van der Waals surface area (Å²) in [5, 5.41) is 2.41. The normalized spacial score (nSPS) is 11.3. The first-order valence-corrected chi connectivity index (χ1v) is 17.2. The predicted molar refractivity (Wildman–Crippen MR) is 205 cm³/mol. The summed E-state index contributed by atoms with van der Waals surface area (Å²) in [4.78, 5) is 15.3. The van der Waals surface area contributed by atoms with E-state index in [0.29, 0.717) is 17.5 Å². The van der Waals surface area contributed by atoms with Crippen molar-refractivity contribution in [2.24, 2.45) is 0 Å². The van der Waals surface area contributed by atoms with Crippen LogP contribution in [0.1, 0.15) is 0 Å². The molecule has 9 aromatic rings. The van der Waals surface area contributed by atoms with Gasteiger partial charge in [-0.05, 0) is 45.5 Å². The Morgan fingerprint density at radius 2 is 0.633 bits per heavy atom. The predicted octanol–water partition coefficient (Wildman–Crippen LogP) is 12.2. The lowest BCUT2D eigenvalue weighted by Gasteiger charge is -2.11. The molecular weight excluding hydrogens is 615 g/mol. The Balaban J connectivity index is 1.17. The van der Waals surface area contributed by atoms with E-state index in [1.54, 1.807) is 0 Å². The van der Waals surface area contributed by atoms with Crippen molar-refractivity contribution in [2.45, 2.75) is 0 Å². The Bertz CT molecular complexity index is 2560. The molecule has 0 spiro atoms. The average molecular weight is 644 g/mol. The van der Waals surface area contributed by atoms with Crippen LogP contribution in [0, 0.1) is 0 Å². The molecular formula is C45H29N3S. The van der Waals surface area contributed by atoms with E-state index in [4.69, 9.17) is 15.0 Å². The Kier molecular flexibility index (Phi) is 7.34. The minimum absolute atomic E-state index is 0.648. The molecule has 7 aromatic carbocycles. The highest BCUT2D eigenvalue weighted by Crippen LogP contribution is 2.44. The Morgan fingerprint density at radius 3 is 1.16 bits per heavy atom. The summed E-state index contributed by atoms with van der Waals surface area (Å²) >= 11 is 1.81. The molecule has 2 heterocycles. The Labute approximate surface area is 288 Å². The SMILES string of the molecule is c1ccc(-c2ccc(-c3ccc(-c4nc(-c5ccccc5)nc(-c5cccc6sc7cccc(-c8ccccc8)c7c56)n4)cc3)cc2)cc1. The third-order valence-corrected chi connectivity index (χ3v) is 10.1. The maximum absolute atomic E-state index is 5.17. The van der Waals surface area contributed by atoms with Gasteiger partial charge in [0.15, 0.2) is 17.5 Å². The quantitative estimate of drug-likeness (QED) is 0.181. The van der Waals surface area contributed by atoms with Gasteiger partial charge in [0, 0.05) is 36.9 Å². The van der Waals surface area contributed by atoms with Crippen LogP contribution in [0.5, 0.6) is 0 Å². The van der Waals surface area contributed by atoms with Gasteiger partial charge in [0.05, 0.1) is 0 Å². The summed E-state index contributed by atoms with van der Waals surface area (Å²) in [6.45, 7) is 0. The maximum Gasteiger partial charge on any atom is 0.164 e. The van der Waals surface area contributed by atoms with Crippen molar-refractivity contribution in [1.29, 1.82) is 0 Å². The molecule has 0 aliphatic heterocycles. The van der Waals surface area contributed by atoms with Gasteiger partial charge in [0.1, 0.15) is 0 Å². The number of hydrogen-bond acceptors (Lipinski definition) is 4. The van der Waals surface area contributed by atoms with Gasteiger partial charge in [0.25, 0.3) is 0 Å². The van der Waals surface area contributed by atoms with Crippen molar-refractivity contribution in [3.63, 3.8) is 0 Å². The van der Waals surface area contributed by atoms with Gasteiger partial charge in [-0.15, -0.1) is 11.3 Å². The summed E-state index contributed by atoms with van der Waals surface area (Å²) in [6.07, 6.45) is 0. The summed E-state index contributed by atoms with van der Waals surface area (Å²) in [7, 11) is 0. The molecule has 0 bridgehead atoms. The highest BCUT2D eigenvalue weighted by atomic mass is 32.1. The van der Waals surface area contributed by atoms with Crippen LogP contribution in [0.15, 0.2) is 176 Å². The number of rotatable bonds is 6. The zero-order valence-corrected chi connectivity index (χ0v) is 27.3. The topological polar surface area (TPSA) is 38.7 Å². The minimum Gasteiger partial charge on any atom is -0.208 e. The van der Waals surface area contributed by atoms with Crippen LogP contribution in [-0.4, -0.2) is 15.0 Å². The van der Waals surface area contributed by atoms with E-state index >= 15 is 0 Å². The maximum atomic E-state index is 5.17. The van der Waals surface area contributed by atoms with Crippen molar-refractivity contribution in [3.8, 4) is 67.5 Å². The smallest absolute Gasteiger partial charge is 0.164 e. The summed E-state index contributed by atoms with van der Waals surface area (Å²) in [5.41, 5.74) is 10.0. The molecule has 0 atom stereocenters. The van der Waals surface area contributed by atoms with Crippen LogP contribution in [0.2, 0.25) is 0 Å². The minimum atomic E-state index is 0.648. The first-order chi connectivity index (χ1) is 24.3. The fraction of sp³-hybridized carbons (Fsp3) is 0. The average Bonchev–Trinajstić information content (AvgIpc) is 3.58. The fourth-order valence-corrected chi connectivity index (χ4v) is 7.71. The number of hydrogen-bond donors (Lipinski definition) is 0. The van der Waals surface area contributed by atoms with Gasteiger partial charge in [-0.2, -0.15) is 0 Å². The van der Waals surface area contributed by atoms with Crippen LogP contribution in [0.25, 0.3) is 87.7 Å². The third kappa shape index (κ3) is 5.48. The highest BCUT2D eigenvalue weighted by molar-refractivity contribution is 7.26. The summed E-state index contributed by atoms with van der Waals surface area (Å²) in [6, 6.07) is 61.5. The fourth-order valence-electron chi connectivity index (χ4n) is 6.55. The lowest BCUT2D eigenvalue weighted by Crippen LogP contribution is -2.00. The summed E-state index contributed by atoms with van der Waals surface area (Å²) in [5.74, 6) is 1.97. The molecule has 0 fully saturated rings. The van der Waals surface area contributed by atoms with Crippen LogP contribution >= 0.6 is 11.3 Å². The molecule has 2 aromatic heterocycles. The number of thiophene rings is 1. The summed E-state index contributed by atoms with van der Waals surface area (Å²) < 4.78 is 2.45. The van der Waals surface area contributed by atoms with E-state index in [-0.39, 0.29) is 0 Å². The van der Waals surface area contributed by atoms with Crippen molar-refractivity contribution in [1.82, 2.24) is 15.0 Å². The second-order valence-corrected chi connectivity index (χ2v) is 13.1. The van der Waals surface area contributed by atoms with Gasteiger partial charge in [-0.3, -0.25) is 0 Å². The zero-order chi connectivity index (χ0) is 32.6. The number of benzene rings is 7. The van der Waals surface area contributed by atoms with Crippen molar-refractivity contribution in [3.05, 3.63) is 176 Å². The molecule has 0 saturated heterocycles. The van der Waals surface area contributed by atoms with Crippen molar-refractivity contribution >= 4 is 31.5 Å². The van der Waals surface area contributed by atoms with E-state index in [2.05, 4.69) is 152 Å². The highest BCUT2D eigenvalue weighted by Gasteiger charge is 2.19. The van der Waals surface area contributed by atoms with E-state index in [0.717, 1.165) is 27.8 Å². The number of nitrogens with zero attached hydrogens (tertiary/aromatic N) is 3. The molecule has 0 N–H and O–H groups in total. The molecule has 0 aliphatic carbocycles. The van der Waals surface area contributed by atoms with Gasteiger partial charge in [0.2, 0.25) is 0 Å². The van der Waals surface area contributed by atoms with Gasteiger partial charge < -0.3 is 0 Å². The molecule has 0 radical (unpaired) electrons. The molecule has 230 valence electrons. The monoisotopic (exact) mass is 643 g/mol. The Hall–Kier alpha value is -6.23. The molecule has 0 saturated carbocycles. The third-order valence-electron chi connectivity index (χ3n) is 8.98. The molecule has 0 amide bonds. The van der Waals surface area contributed by atoms with Crippen LogP contribution in [-0.2, 0) is 0 Å². The van der Waals surface area contributed by atoms with Crippen molar-refractivity contribution in [2.75, 3.05) is 0 Å². The van der Waals surface area contributed by atoms with E-state index in [9.17, 15) is 0 Å². The van der Waals surface area contributed by atoms with Crippen LogP contribution < -0.4 is 0 Å². The standard InChI is InChI=1S/C45H29N3S/c1-4-12-30(13-5-1)31-22-24-32(25-23-31)33-26-28-36(29-27-33)44-46-43(35-16-8-3-9-17-35)47-45(48-44)38-19-11-21-40-42(38)41-37(18-10-20-39(41)49-40)34-14-6-2-7-15-34/h1-29H. The lowest BCUT2D eigenvalue weighted by atomic mass is 9.97. The first-order valence-electron chi connectivity index (χ1n) is 16.4. The number of aromatic nitrogens is 3. The van der Waals surface area contributed by atoms with Crippen LogP contribution in [0.3, 0.4) is 0 Å². The Morgan fingerprint density at radius 1 is 0.265 bits per heavy atom. The second kappa shape index (κ2) is 12.4. The van der Waals surface area contributed by atoms with Gasteiger partial charge in [-0.25, -0.2) is 15.0 Å². The zero-order valence-electron chi connectivity index (χ0n) is 26.5. The first kappa shape index (κ1) is 29.0. The lowest BCUT2D eigenvalue weighted by molar-refractivity contribution is 1.08. The van der Waals surface area contributed by atoms with Gasteiger partial charge >= 0.3 is 0 Å². The number of fused-ring (bicyclic) bond motifs is 3. The molecule has 0 aliphatic rings. The van der Waals surface area contributed by atoms with E-state index < -0.39 is 0 Å². The molecule has 4 heteroatoms. The molecule has 49 heavy (non-hydrogen) atoms.